The zero-order valence-electron chi connectivity index (χ0n) is 13.1. The fourth-order valence-corrected chi connectivity index (χ4v) is 2.70. The summed E-state index contributed by atoms with van der Waals surface area (Å²) in [6, 6.07) is 8.38. The second-order valence-corrected chi connectivity index (χ2v) is 5.17. The molecule has 1 aliphatic rings. The minimum Gasteiger partial charge on any atom is -0.497 e. The van der Waals surface area contributed by atoms with Gasteiger partial charge in [-0.1, -0.05) is 12.1 Å². The second-order valence-electron chi connectivity index (χ2n) is 5.17. The molecule has 0 aromatic heterocycles. The number of benzene rings is 1. The average Bonchev–Trinajstić information content (AvgIpc) is 3.01. The lowest BCUT2D eigenvalue weighted by Crippen LogP contribution is -2.41. The third-order valence-corrected chi connectivity index (χ3v) is 3.88. The van der Waals surface area contributed by atoms with E-state index in [0.717, 1.165) is 37.8 Å². The summed E-state index contributed by atoms with van der Waals surface area (Å²) in [5.74, 6) is 2.42. The molecule has 1 saturated heterocycles. The molecule has 1 aromatic carbocycles. The van der Waals surface area contributed by atoms with E-state index in [1.165, 1.54) is 5.56 Å². The molecule has 0 unspecified atom stereocenters. The van der Waals surface area contributed by atoms with Gasteiger partial charge < -0.3 is 19.7 Å². The van der Waals surface area contributed by atoms with Crippen LogP contribution in [0.1, 0.15) is 17.9 Å². The summed E-state index contributed by atoms with van der Waals surface area (Å²) in [7, 11) is 5.23. The number of likely N-dealkylation sites (tertiary alicyclic amines) is 1. The van der Waals surface area contributed by atoms with Crippen LogP contribution in [0.2, 0.25) is 0 Å². The highest BCUT2D eigenvalue weighted by molar-refractivity contribution is 5.80. The Morgan fingerprint density at radius 1 is 1.33 bits per heavy atom. The van der Waals surface area contributed by atoms with Crippen LogP contribution in [0, 0.1) is 0 Å². The molecular formula is C16H25N3O2. The van der Waals surface area contributed by atoms with E-state index in [1.807, 2.05) is 19.2 Å². The Morgan fingerprint density at radius 2 is 2.10 bits per heavy atom. The summed E-state index contributed by atoms with van der Waals surface area (Å²) in [6.45, 7) is 3.50. The van der Waals surface area contributed by atoms with Crippen LogP contribution in [-0.2, 0) is 4.74 Å². The highest BCUT2D eigenvalue weighted by atomic mass is 16.5. The van der Waals surface area contributed by atoms with Crippen molar-refractivity contribution in [2.75, 3.05) is 47.5 Å². The van der Waals surface area contributed by atoms with Crippen molar-refractivity contribution in [2.45, 2.75) is 12.3 Å². The quantitative estimate of drug-likeness (QED) is 0.509. The molecule has 5 nitrogen and oxygen atoms in total. The summed E-state index contributed by atoms with van der Waals surface area (Å²) in [6.07, 6.45) is 1.15. The van der Waals surface area contributed by atoms with E-state index >= 15 is 0 Å². The maximum Gasteiger partial charge on any atom is 0.193 e. The van der Waals surface area contributed by atoms with Gasteiger partial charge >= 0.3 is 0 Å². The summed E-state index contributed by atoms with van der Waals surface area (Å²) in [4.78, 5) is 6.66. The molecule has 1 heterocycles. The Kier molecular flexibility index (Phi) is 5.87. The Morgan fingerprint density at radius 3 is 2.71 bits per heavy atom. The van der Waals surface area contributed by atoms with Gasteiger partial charge in [0.25, 0.3) is 0 Å². The summed E-state index contributed by atoms with van der Waals surface area (Å²) < 4.78 is 10.3. The molecule has 0 spiro atoms. The van der Waals surface area contributed by atoms with E-state index in [0.29, 0.717) is 12.5 Å². The predicted octanol–water partition coefficient (Wildman–Crippen LogP) is 1.71. The SMILES string of the molecule is CN=C(NCCOC)N1CC[C@H](c2ccc(OC)cc2)C1. The molecule has 5 heteroatoms. The van der Waals surface area contributed by atoms with Gasteiger partial charge in [0.15, 0.2) is 5.96 Å². The fraction of sp³-hybridized carbons (Fsp3) is 0.562. The van der Waals surface area contributed by atoms with Crippen LogP contribution in [0.25, 0.3) is 0 Å². The van der Waals surface area contributed by atoms with Gasteiger partial charge in [-0.3, -0.25) is 4.99 Å². The van der Waals surface area contributed by atoms with Crippen molar-refractivity contribution in [2.24, 2.45) is 4.99 Å². The number of hydrogen-bond donors (Lipinski definition) is 1. The first kappa shape index (κ1) is 15.6. The van der Waals surface area contributed by atoms with Gasteiger partial charge in [-0.15, -0.1) is 0 Å². The van der Waals surface area contributed by atoms with E-state index in [4.69, 9.17) is 9.47 Å². The summed E-state index contributed by atoms with van der Waals surface area (Å²) in [5.41, 5.74) is 1.37. The fourth-order valence-electron chi connectivity index (χ4n) is 2.70. The molecule has 1 fully saturated rings. The van der Waals surface area contributed by atoms with Gasteiger partial charge in [-0.25, -0.2) is 0 Å². The van der Waals surface area contributed by atoms with Crippen molar-refractivity contribution < 1.29 is 9.47 Å². The average molecular weight is 291 g/mol. The van der Waals surface area contributed by atoms with Crippen LogP contribution in [0.15, 0.2) is 29.3 Å². The number of aliphatic imine (C=N–C) groups is 1. The molecule has 0 saturated carbocycles. The van der Waals surface area contributed by atoms with Crippen molar-refractivity contribution in [3.05, 3.63) is 29.8 Å². The molecule has 116 valence electrons. The molecule has 1 aliphatic heterocycles. The lowest BCUT2D eigenvalue weighted by Gasteiger charge is -2.21. The number of hydrogen-bond acceptors (Lipinski definition) is 3. The van der Waals surface area contributed by atoms with Crippen molar-refractivity contribution in [1.29, 1.82) is 0 Å². The lowest BCUT2D eigenvalue weighted by molar-refractivity contribution is 0.203. The lowest BCUT2D eigenvalue weighted by atomic mass is 9.98. The van der Waals surface area contributed by atoms with Gasteiger partial charge in [-0.2, -0.15) is 0 Å². The van der Waals surface area contributed by atoms with Crippen molar-refractivity contribution in [3.8, 4) is 5.75 Å². The van der Waals surface area contributed by atoms with E-state index in [-0.39, 0.29) is 0 Å². The molecule has 1 N–H and O–H groups in total. The highest BCUT2D eigenvalue weighted by Crippen LogP contribution is 2.28. The van der Waals surface area contributed by atoms with Crippen molar-refractivity contribution >= 4 is 5.96 Å². The molecule has 21 heavy (non-hydrogen) atoms. The van der Waals surface area contributed by atoms with E-state index in [1.54, 1.807) is 14.2 Å². The maximum atomic E-state index is 5.21. The van der Waals surface area contributed by atoms with Gasteiger partial charge in [0.05, 0.1) is 13.7 Å². The third kappa shape index (κ3) is 4.11. The number of rotatable bonds is 5. The zero-order valence-corrected chi connectivity index (χ0v) is 13.1. The van der Waals surface area contributed by atoms with Crippen LogP contribution in [0.5, 0.6) is 5.75 Å². The highest BCUT2D eigenvalue weighted by Gasteiger charge is 2.25. The second kappa shape index (κ2) is 7.88. The zero-order chi connectivity index (χ0) is 15.1. The van der Waals surface area contributed by atoms with Crippen molar-refractivity contribution in [1.82, 2.24) is 10.2 Å². The monoisotopic (exact) mass is 291 g/mol. The molecule has 0 amide bonds. The van der Waals surface area contributed by atoms with E-state index in [2.05, 4.69) is 27.3 Å². The molecule has 0 radical (unpaired) electrons. The first-order valence-electron chi connectivity index (χ1n) is 7.37. The smallest absolute Gasteiger partial charge is 0.193 e. The first-order valence-corrected chi connectivity index (χ1v) is 7.37. The van der Waals surface area contributed by atoms with Crippen LogP contribution < -0.4 is 10.1 Å². The number of guanidine groups is 1. The standard InChI is InChI=1S/C16H25N3O2/c1-17-16(18-9-11-20-2)19-10-8-14(12-19)13-4-6-15(21-3)7-5-13/h4-7,14H,8-12H2,1-3H3,(H,17,18)/t14-/m0/s1. The molecule has 1 aromatic rings. The third-order valence-electron chi connectivity index (χ3n) is 3.88. The van der Waals surface area contributed by atoms with Crippen LogP contribution in [-0.4, -0.2) is 58.4 Å². The Bertz CT molecular complexity index is 459. The minimum absolute atomic E-state index is 0.553. The molecule has 2 rings (SSSR count). The van der Waals surface area contributed by atoms with Crippen LogP contribution in [0.4, 0.5) is 0 Å². The van der Waals surface area contributed by atoms with Gasteiger partial charge in [-0.05, 0) is 24.1 Å². The summed E-state index contributed by atoms with van der Waals surface area (Å²) in [5, 5.41) is 3.33. The van der Waals surface area contributed by atoms with Gasteiger partial charge in [0.1, 0.15) is 5.75 Å². The van der Waals surface area contributed by atoms with Gasteiger partial charge in [0.2, 0.25) is 0 Å². The predicted molar refractivity (Wildman–Crippen MR) is 85.2 cm³/mol. The van der Waals surface area contributed by atoms with Crippen molar-refractivity contribution in [3.63, 3.8) is 0 Å². The van der Waals surface area contributed by atoms with Crippen LogP contribution >= 0.6 is 0 Å². The van der Waals surface area contributed by atoms with Gasteiger partial charge in [0, 0.05) is 39.7 Å². The molecule has 1 atom stereocenters. The first-order chi connectivity index (χ1) is 10.3. The number of ether oxygens (including phenoxy) is 2. The molecule has 0 aliphatic carbocycles. The Balaban J connectivity index is 1.92. The Labute approximate surface area is 127 Å². The molecule has 0 bridgehead atoms. The maximum absolute atomic E-state index is 5.21. The normalized spacial score (nSPS) is 18.9. The number of nitrogens with zero attached hydrogens (tertiary/aromatic N) is 2. The molecular weight excluding hydrogens is 266 g/mol. The van der Waals surface area contributed by atoms with E-state index < -0.39 is 0 Å². The van der Waals surface area contributed by atoms with Crippen LogP contribution in [0.3, 0.4) is 0 Å². The topological polar surface area (TPSA) is 46.1 Å². The van der Waals surface area contributed by atoms with E-state index in [9.17, 15) is 0 Å². The number of nitrogens with one attached hydrogen (secondary N) is 1. The largest absolute Gasteiger partial charge is 0.497 e. The summed E-state index contributed by atoms with van der Waals surface area (Å²) >= 11 is 0. The minimum atomic E-state index is 0.553. The number of methoxy groups -OCH3 is 2. The Hall–Kier alpha value is -1.75.